The van der Waals surface area contributed by atoms with Gasteiger partial charge in [-0.2, -0.15) is 0 Å². The first-order valence-corrected chi connectivity index (χ1v) is 13.0. The summed E-state index contributed by atoms with van der Waals surface area (Å²) in [5, 5.41) is 7.72. The largest absolute Gasteiger partial charge is 0.452 e. The van der Waals surface area contributed by atoms with E-state index in [4.69, 9.17) is 16.6 Å². The Labute approximate surface area is 220 Å². The summed E-state index contributed by atoms with van der Waals surface area (Å²) in [6.07, 6.45) is 2.06. The Kier molecular flexibility index (Phi) is 7.34. The van der Waals surface area contributed by atoms with Crippen LogP contribution in [0.3, 0.4) is 0 Å². The molecule has 2 N–H and O–H groups in total. The fraction of sp³-hybridized carbons (Fsp3) is 0.179. The van der Waals surface area contributed by atoms with E-state index in [1.807, 2.05) is 65.6 Å². The summed E-state index contributed by atoms with van der Waals surface area (Å²) in [6, 6.07) is 27.2. The van der Waals surface area contributed by atoms with Crippen molar-refractivity contribution in [3.8, 4) is 0 Å². The number of aryl methyl sites for hydroxylation is 1. The Morgan fingerprint density at radius 1 is 1.06 bits per heavy atom. The van der Waals surface area contributed by atoms with Crippen LogP contribution in [0.4, 0.5) is 5.69 Å². The highest BCUT2D eigenvalue weighted by atomic mass is 32.2. The minimum absolute atomic E-state index is 0.0703. The molecule has 2 aromatic heterocycles. The monoisotopic (exact) mass is 514 g/mol. The van der Waals surface area contributed by atoms with Gasteiger partial charge in [0.2, 0.25) is 5.91 Å². The van der Waals surface area contributed by atoms with Gasteiger partial charge in [0.25, 0.3) is 0 Å². The third kappa shape index (κ3) is 5.61. The molecule has 2 aromatic carbocycles. The highest BCUT2D eigenvalue weighted by Crippen LogP contribution is 2.41. The van der Waals surface area contributed by atoms with Crippen LogP contribution in [0.2, 0.25) is 0 Å². The van der Waals surface area contributed by atoms with Gasteiger partial charge < -0.3 is 20.0 Å². The zero-order valence-electron chi connectivity index (χ0n) is 19.8. The van der Waals surface area contributed by atoms with E-state index in [1.54, 1.807) is 18.0 Å². The van der Waals surface area contributed by atoms with Gasteiger partial charge in [-0.25, -0.2) is 0 Å². The van der Waals surface area contributed by atoms with Crippen LogP contribution in [-0.2, 0) is 4.79 Å². The van der Waals surface area contributed by atoms with Gasteiger partial charge in [0.1, 0.15) is 11.8 Å². The number of carbonyl (C=O) groups is 1. The molecular formula is C28H26N4O2S2. The standard InChI is InChI=1S/C28H26N4O2S2/c1-19-10-12-21(13-11-19)36-25-15-14-23(34-25)27-26(22-9-5-6-17-29-22)31-28(35)32(27)18-16-24(33)30-20-7-3-2-4-8-20/h2-15,17,26-27H,16,18H2,1H3,(H,30,33)(H,31,35)/t26-,27+/m1/s1. The number of nitrogens with one attached hydrogen (secondary N) is 2. The van der Waals surface area contributed by atoms with Crippen molar-refractivity contribution in [2.24, 2.45) is 0 Å². The quantitative estimate of drug-likeness (QED) is 0.274. The van der Waals surface area contributed by atoms with E-state index in [0.29, 0.717) is 11.7 Å². The van der Waals surface area contributed by atoms with Crippen molar-refractivity contribution < 1.29 is 9.21 Å². The van der Waals surface area contributed by atoms with Crippen molar-refractivity contribution in [2.75, 3.05) is 11.9 Å². The lowest BCUT2D eigenvalue weighted by Crippen LogP contribution is -2.32. The van der Waals surface area contributed by atoms with E-state index in [2.05, 4.69) is 46.8 Å². The molecule has 2 atom stereocenters. The summed E-state index contributed by atoms with van der Waals surface area (Å²) >= 11 is 7.28. The summed E-state index contributed by atoms with van der Waals surface area (Å²) in [4.78, 5) is 20.4. The number of nitrogens with zero attached hydrogens (tertiary/aromatic N) is 2. The van der Waals surface area contributed by atoms with Gasteiger partial charge in [0.05, 0.1) is 11.7 Å². The Bertz CT molecular complexity index is 1330. The molecule has 5 rings (SSSR count). The molecule has 8 heteroatoms. The topological polar surface area (TPSA) is 70.4 Å². The number of hydrogen-bond donors (Lipinski definition) is 2. The van der Waals surface area contributed by atoms with Gasteiger partial charge in [-0.3, -0.25) is 9.78 Å². The number of amides is 1. The zero-order chi connectivity index (χ0) is 24.9. The number of para-hydroxylation sites is 1. The molecule has 0 saturated carbocycles. The van der Waals surface area contributed by atoms with Crippen LogP contribution in [0.15, 0.2) is 106 Å². The molecule has 0 bridgehead atoms. The Morgan fingerprint density at radius 3 is 2.58 bits per heavy atom. The minimum Gasteiger partial charge on any atom is -0.452 e. The fourth-order valence-corrected chi connectivity index (χ4v) is 5.30. The molecule has 4 aromatic rings. The molecule has 1 amide bonds. The molecule has 0 radical (unpaired) electrons. The minimum atomic E-state index is -0.232. The highest BCUT2D eigenvalue weighted by molar-refractivity contribution is 7.99. The zero-order valence-corrected chi connectivity index (χ0v) is 21.4. The van der Waals surface area contributed by atoms with Crippen molar-refractivity contribution in [2.45, 2.75) is 35.4 Å². The molecule has 1 fully saturated rings. The van der Waals surface area contributed by atoms with Crippen molar-refractivity contribution in [3.05, 3.63) is 108 Å². The predicted octanol–water partition coefficient (Wildman–Crippen LogP) is 6.14. The molecule has 1 aliphatic heterocycles. The van der Waals surface area contributed by atoms with Crippen LogP contribution in [0.25, 0.3) is 0 Å². The van der Waals surface area contributed by atoms with Crippen molar-refractivity contribution >= 4 is 40.7 Å². The third-order valence-corrected chi connectivity index (χ3v) is 7.25. The molecule has 0 spiro atoms. The summed E-state index contributed by atoms with van der Waals surface area (Å²) in [5.74, 6) is 0.704. The number of furan rings is 1. The van der Waals surface area contributed by atoms with Crippen molar-refractivity contribution in [1.29, 1.82) is 0 Å². The Hall–Kier alpha value is -3.62. The number of carbonyl (C=O) groups excluding carboxylic acids is 1. The smallest absolute Gasteiger partial charge is 0.226 e. The van der Waals surface area contributed by atoms with Crippen molar-refractivity contribution in [3.63, 3.8) is 0 Å². The fourth-order valence-electron chi connectivity index (χ4n) is 4.19. The van der Waals surface area contributed by atoms with E-state index in [-0.39, 0.29) is 24.4 Å². The van der Waals surface area contributed by atoms with E-state index < -0.39 is 0 Å². The molecule has 1 saturated heterocycles. The van der Waals surface area contributed by atoms with Gasteiger partial charge in [-0.1, -0.05) is 53.7 Å². The van der Waals surface area contributed by atoms with Crippen LogP contribution in [0, 0.1) is 6.92 Å². The second-order valence-corrected chi connectivity index (χ2v) is 10.0. The van der Waals surface area contributed by atoms with Gasteiger partial charge in [-0.15, -0.1) is 0 Å². The number of pyridine rings is 1. The second-order valence-electron chi connectivity index (χ2n) is 8.56. The second kappa shape index (κ2) is 11.0. The Morgan fingerprint density at radius 2 is 1.83 bits per heavy atom. The number of hydrogen-bond acceptors (Lipinski definition) is 5. The first-order chi connectivity index (χ1) is 17.6. The molecule has 182 valence electrons. The molecular weight excluding hydrogens is 488 g/mol. The SMILES string of the molecule is Cc1ccc(Sc2ccc([C@H]3[C@@H](c4ccccn4)NC(=S)N3CCC(=O)Nc3ccccc3)o2)cc1. The summed E-state index contributed by atoms with van der Waals surface area (Å²) in [5.41, 5.74) is 2.86. The molecule has 1 aliphatic rings. The lowest BCUT2D eigenvalue weighted by atomic mass is 10.0. The maximum atomic E-state index is 12.7. The van der Waals surface area contributed by atoms with E-state index >= 15 is 0 Å². The molecule has 36 heavy (non-hydrogen) atoms. The van der Waals surface area contributed by atoms with Gasteiger partial charge in [-0.05, 0) is 67.7 Å². The molecule has 0 unspecified atom stereocenters. The maximum absolute atomic E-state index is 12.7. The molecule has 0 aliphatic carbocycles. The van der Waals surface area contributed by atoms with Crippen LogP contribution in [-0.4, -0.2) is 27.4 Å². The van der Waals surface area contributed by atoms with Crippen LogP contribution in [0.5, 0.6) is 0 Å². The summed E-state index contributed by atoms with van der Waals surface area (Å²) in [7, 11) is 0. The number of anilines is 1. The first kappa shape index (κ1) is 24.1. The van der Waals surface area contributed by atoms with Crippen molar-refractivity contribution in [1.82, 2.24) is 15.2 Å². The lowest BCUT2D eigenvalue weighted by Gasteiger charge is -2.25. The highest BCUT2D eigenvalue weighted by Gasteiger charge is 2.41. The maximum Gasteiger partial charge on any atom is 0.226 e. The average Bonchev–Trinajstić information content (AvgIpc) is 3.49. The molecule has 3 heterocycles. The van der Waals surface area contributed by atoms with E-state index in [0.717, 1.165) is 27.1 Å². The van der Waals surface area contributed by atoms with E-state index in [9.17, 15) is 4.79 Å². The average molecular weight is 515 g/mol. The third-order valence-electron chi connectivity index (χ3n) is 5.97. The van der Waals surface area contributed by atoms with Crippen LogP contribution < -0.4 is 10.6 Å². The summed E-state index contributed by atoms with van der Waals surface area (Å²) < 4.78 is 6.33. The van der Waals surface area contributed by atoms with Gasteiger partial charge in [0, 0.05) is 29.7 Å². The van der Waals surface area contributed by atoms with Gasteiger partial charge in [0.15, 0.2) is 10.2 Å². The predicted molar refractivity (Wildman–Crippen MR) is 146 cm³/mol. The van der Waals surface area contributed by atoms with Crippen LogP contribution in [0.1, 0.15) is 35.5 Å². The normalized spacial score (nSPS) is 17.1. The van der Waals surface area contributed by atoms with Crippen LogP contribution >= 0.6 is 24.0 Å². The van der Waals surface area contributed by atoms with E-state index in [1.165, 1.54) is 5.56 Å². The Balaban J connectivity index is 1.36. The van der Waals surface area contributed by atoms with Gasteiger partial charge >= 0.3 is 0 Å². The summed E-state index contributed by atoms with van der Waals surface area (Å²) in [6.45, 7) is 2.52. The number of rotatable bonds is 8. The number of thiocarbonyl (C=S) groups is 1. The number of benzene rings is 2. The lowest BCUT2D eigenvalue weighted by molar-refractivity contribution is -0.116. The first-order valence-electron chi connectivity index (χ1n) is 11.7. The number of aromatic nitrogens is 1. The molecule has 6 nitrogen and oxygen atoms in total.